The van der Waals surface area contributed by atoms with Crippen molar-refractivity contribution in [2.24, 2.45) is 0 Å². The Balaban J connectivity index is 1.55. The predicted octanol–water partition coefficient (Wildman–Crippen LogP) is 3.65. The lowest BCUT2D eigenvalue weighted by molar-refractivity contribution is -0.119. The van der Waals surface area contributed by atoms with Crippen molar-refractivity contribution in [2.75, 3.05) is 11.9 Å². The van der Waals surface area contributed by atoms with E-state index < -0.39 is 5.97 Å². The number of amides is 1. The summed E-state index contributed by atoms with van der Waals surface area (Å²) in [7, 11) is 0. The lowest BCUT2D eigenvalue weighted by atomic mass is 10.1. The number of hydrogen-bond donors (Lipinski definition) is 1. The summed E-state index contributed by atoms with van der Waals surface area (Å²) in [5, 5.41) is 2.78. The molecule has 1 heterocycles. The molecule has 0 radical (unpaired) electrons. The zero-order chi connectivity index (χ0) is 16.4. The lowest BCUT2D eigenvalue weighted by Crippen LogP contribution is -2.21. The molecule has 1 N–H and O–H groups in total. The maximum atomic E-state index is 12.0. The van der Waals surface area contributed by atoms with E-state index in [1.807, 2.05) is 26.0 Å². The summed E-state index contributed by atoms with van der Waals surface area (Å²) in [6.07, 6.45) is 3.34. The van der Waals surface area contributed by atoms with Gasteiger partial charge in [0.15, 0.2) is 6.61 Å². The Morgan fingerprint density at radius 2 is 1.96 bits per heavy atom. The normalized spacial score (nSPS) is 12.8. The molecule has 0 unspecified atom stereocenters. The Bertz CT molecular complexity index is 764. The highest BCUT2D eigenvalue weighted by molar-refractivity contribution is 7.12. The Hall–Kier alpha value is -2.14. The number of carbonyl (C=O) groups excluding carboxylic acids is 2. The van der Waals surface area contributed by atoms with Gasteiger partial charge in [0.25, 0.3) is 5.91 Å². The van der Waals surface area contributed by atoms with Crippen molar-refractivity contribution in [2.45, 2.75) is 33.1 Å². The SMILES string of the molecule is Cc1cc(C(=O)OCC(=O)Nc2ccc3c(c2)CCC3)c(C)s1. The summed E-state index contributed by atoms with van der Waals surface area (Å²) in [6, 6.07) is 7.76. The van der Waals surface area contributed by atoms with E-state index in [2.05, 4.69) is 11.4 Å². The molecule has 120 valence electrons. The van der Waals surface area contributed by atoms with Crippen LogP contribution in [-0.4, -0.2) is 18.5 Å². The molecule has 0 spiro atoms. The molecule has 3 rings (SSSR count). The quantitative estimate of drug-likeness (QED) is 0.871. The molecule has 0 fully saturated rings. The van der Waals surface area contributed by atoms with Gasteiger partial charge in [-0.2, -0.15) is 0 Å². The van der Waals surface area contributed by atoms with Gasteiger partial charge in [0.1, 0.15) is 0 Å². The standard InChI is InChI=1S/C18H19NO3S/c1-11-8-16(12(2)23-11)18(21)22-10-17(20)19-15-7-6-13-4-3-5-14(13)9-15/h6-9H,3-5,10H2,1-2H3,(H,19,20). The van der Waals surface area contributed by atoms with Crippen LogP contribution in [0.4, 0.5) is 5.69 Å². The molecule has 1 aliphatic carbocycles. The van der Waals surface area contributed by atoms with Crippen molar-refractivity contribution in [3.8, 4) is 0 Å². The molecule has 23 heavy (non-hydrogen) atoms. The molecular weight excluding hydrogens is 310 g/mol. The maximum absolute atomic E-state index is 12.0. The molecule has 4 nitrogen and oxygen atoms in total. The first kappa shape index (κ1) is 15.7. The minimum absolute atomic E-state index is 0.274. The highest BCUT2D eigenvalue weighted by Crippen LogP contribution is 2.25. The van der Waals surface area contributed by atoms with Crippen LogP contribution in [0.2, 0.25) is 0 Å². The third kappa shape index (κ3) is 3.62. The Morgan fingerprint density at radius 3 is 2.70 bits per heavy atom. The number of fused-ring (bicyclic) bond motifs is 1. The second kappa shape index (κ2) is 6.54. The lowest BCUT2D eigenvalue weighted by Gasteiger charge is -2.08. The highest BCUT2D eigenvalue weighted by atomic mass is 32.1. The van der Waals surface area contributed by atoms with Crippen LogP contribution in [0.3, 0.4) is 0 Å². The second-order valence-electron chi connectivity index (χ2n) is 5.79. The minimum atomic E-state index is -0.448. The topological polar surface area (TPSA) is 55.4 Å². The van der Waals surface area contributed by atoms with Crippen LogP contribution >= 0.6 is 11.3 Å². The van der Waals surface area contributed by atoms with Crippen molar-refractivity contribution in [3.63, 3.8) is 0 Å². The molecule has 0 saturated heterocycles. The number of benzene rings is 1. The largest absolute Gasteiger partial charge is 0.452 e. The van der Waals surface area contributed by atoms with E-state index in [-0.39, 0.29) is 12.5 Å². The smallest absolute Gasteiger partial charge is 0.339 e. The van der Waals surface area contributed by atoms with Gasteiger partial charge in [-0.15, -0.1) is 11.3 Å². The number of carbonyl (C=O) groups is 2. The van der Waals surface area contributed by atoms with Gasteiger partial charge < -0.3 is 10.1 Å². The first-order valence-corrected chi connectivity index (χ1v) is 8.50. The molecule has 1 aliphatic rings. The van der Waals surface area contributed by atoms with Gasteiger partial charge in [-0.1, -0.05) is 6.07 Å². The van der Waals surface area contributed by atoms with Crippen molar-refractivity contribution >= 4 is 28.9 Å². The minimum Gasteiger partial charge on any atom is -0.452 e. The molecule has 5 heteroatoms. The van der Waals surface area contributed by atoms with E-state index in [1.165, 1.54) is 17.5 Å². The third-order valence-corrected chi connectivity index (χ3v) is 4.94. The van der Waals surface area contributed by atoms with E-state index in [9.17, 15) is 9.59 Å². The summed E-state index contributed by atoms with van der Waals surface area (Å²) in [4.78, 5) is 25.9. The number of esters is 1. The number of thiophene rings is 1. The van der Waals surface area contributed by atoms with Crippen molar-refractivity contribution in [1.29, 1.82) is 0 Å². The van der Waals surface area contributed by atoms with E-state index in [0.29, 0.717) is 5.56 Å². The molecule has 0 aliphatic heterocycles. The zero-order valence-electron chi connectivity index (χ0n) is 13.3. The highest BCUT2D eigenvalue weighted by Gasteiger charge is 2.16. The van der Waals surface area contributed by atoms with Crippen LogP contribution in [0.15, 0.2) is 24.3 Å². The van der Waals surface area contributed by atoms with Crippen LogP contribution in [-0.2, 0) is 22.4 Å². The van der Waals surface area contributed by atoms with E-state index >= 15 is 0 Å². The van der Waals surface area contributed by atoms with Crippen LogP contribution < -0.4 is 5.32 Å². The van der Waals surface area contributed by atoms with Gasteiger partial charge in [-0.05, 0) is 62.4 Å². The fraction of sp³-hybridized carbons (Fsp3) is 0.333. The number of nitrogens with one attached hydrogen (secondary N) is 1. The van der Waals surface area contributed by atoms with Crippen molar-refractivity contribution in [3.05, 3.63) is 50.7 Å². The predicted molar refractivity (Wildman–Crippen MR) is 91.2 cm³/mol. The van der Waals surface area contributed by atoms with Crippen LogP contribution in [0.1, 0.15) is 37.7 Å². The third-order valence-electron chi connectivity index (χ3n) is 3.98. The first-order chi connectivity index (χ1) is 11.0. The summed E-state index contributed by atoms with van der Waals surface area (Å²) in [5.41, 5.74) is 3.95. The Labute approximate surface area is 139 Å². The van der Waals surface area contributed by atoms with Gasteiger partial charge in [0, 0.05) is 15.4 Å². The average molecular weight is 329 g/mol. The Kier molecular flexibility index (Phi) is 4.48. The van der Waals surface area contributed by atoms with E-state index in [4.69, 9.17) is 4.74 Å². The van der Waals surface area contributed by atoms with Gasteiger partial charge in [0.2, 0.25) is 0 Å². The van der Waals surface area contributed by atoms with Crippen LogP contribution in [0, 0.1) is 13.8 Å². The number of anilines is 1. The van der Waals surface area contributed by atoms with Crippen molar-refractivity contribution in [1.82, 2.24) is 0 Å². The summed E-state index contributed by atoms with van der Waals surface area (Å²) >= 11 is 1.54. The molecule has 0 bridgehead atoms. The molecule has 2 aromatic rings. The molecule has 0 atom stereocenters. The van der Waals surface area contributed by atoms with Crippen LogP contribution in [0.25, 0.3) is 0 Å². The number of ether oxygens (including phenoxy) is 1. The average Bonchev–Trinajstić information content (AvgIpc) is 3.10. The van der Waals surface area contributed by atoms with Gasteiger partial charge in [-0.3, -0.25) is 4.79 Å². The fourth-order valence-corrected chi connectivity index (χ4v) is 3.80. The van der Waals surface area contributed by atoms with Crippen molar-refractivity contribution < 1.29 is 14.3 Å². The van der Waals surface area contributed by atoms with Gasteiger partial charge in [-0.25, -0.2) is 4.79 Å². The maximum Gasteiger partial charge on any atom is 0.339 e. The second-order valence-corrected chi connectivity index (χ2v) is 7.25. The number of hydrogen-bond acceptors (Lipinski definition) is 4. The summed E-state index contributed by atoms with van der Waals surface area (Å²) < 4.78 is 5.10. The zero-order valence-corrected chi connectivity index (χ0v) is 14.1. The van der Waals surface area contributed by atoms with Crippen LogP contribution in [0.5, 0.6) is 0 Å². The van der Waals surface area contributed by atoms with Gasteiger partial charge in [0.05, 0.1) is 5.56 Å². The summed E-state index contributed by atoms with van der Waals surface area (Å²) in [6.45, 7) is 3.54. The molecule has 1 amide bonds. The molecular formula is C18H19NO3S. The van der Waals surface area contributed by atoms with Gasteiger partial charge >= 0.3 is 5.97 Å². The number of rotatable bonds is 4. The van der Waals surface area contributed by atoms with E-state index in [1.54, 1.807) is 17.4 Å². The van der Waals surface area contributed by atoms with E-state index in [0.717, 1.165) is 28.3 Å². The monoisotopic (exact) mass is 329 g/mol. The first-order valence-electron chi connectivity index (χ1n) is 7.69. The Morgan fingerprint density at radius 1 is 1.17 bits per heavy atom. The fourth-order valence-electron chi connectivity index (χ4n) is 2.89. The number of aryl methyl sites for hydroxylation is 4. The molecule has 1 aromatic carbocycles. The molecule has 1 aromatic heterocycles. The summed E-state index contributed by atoms with van der Waals surface area (Å²) in [5.74, 6) is -0.767. The molecule has 0 saturated carbocycles.